The first kappa shape index (κ1) is 22.7. The van der Waals surface area contributed by atoms with Crippen LogP contribution < -0.4 is 5.32 Å². The van der Waals surface area contributed by atoms with E-state index in [0.717, 1.165) is 5.56 Å². The second-order valence-electron chi connectivity index (χ2n) is 8.56. The minimum absolute atomic E-state index is 0.0124. The van der Waals surface area contributed by atoms with Crippen molar-refractivity contribution in [2.45, 2.75) is 31.4 Å². The van der Waals surface area contributed by atoms with Gasteiger partial charge in [-0.25, -0.2) is 9.18 Å². The average molecular weight is 503 g/mol. The van der Waals surface area contributed by atoms with Gasteiger partial charge in [-0.3, -0.25) is 14.8 Å². The summed E-state index contributed by atoms with van der Waals surface area (Å²) in [6.45, 7) is 2.41. The molecule has 2 aliphatic heterocycles. The summed E-state index contributed by atoms with van der Waals surface area (Å²) in [5.74, 6) is -0.932. The van der Waals surface area contributed by atoms with Crippen LogP contribution in [0.4, 0.5) is 14.9 Å². The quantitative estimate of drug-likeness (QED) is 0.503. The molecule has 5 rings (SSSR count). The van der Waals surface area contributed by atoms with Crippen molar-refractivity contribution in [3.05, 3.63) is 81.3 Å². The van der Waals surface area contributed by atoms with Crippen LogP contribution in [0.15, 0.2) is 48.8 Å². The Morgan fingerprint density at radius 3 is 2.91 bits per heavy atom. The molecular weight excluding hydrogens is 482 g/mol. The van der Waals surface area contributed by atoms with Crippen LogP contribution in [0.25, 0.3) is 0 Å². The summed E-state index contributed by atoms with van der Waals surface area (Å²) in [5.41, 5.74) is 0.498. The lowest BCUT2D eigenvalue weighted by Gasteiger charge is -2.45. The maximum absolute atomic E-state index is 15.1. The number of halogens is 3. The topological polar surface area (TPSA) is 76.5 Å². The van der Waals surface area contributed by atoms with Crippen LogP contribution in [0, 0.1) is 5.82 Å². The molecule has 1 aromatic heterocycles. The van der Waals surface area contributed by atoms with Crippen molar-refractivity contribution in [1.29, 1.82) is 0 Å². The Balaban J connectivity index is 1.42. The monoisotopic (exact) mass is 502 g/mol. The summed E-state index contributed by atoms with van der Waals surface area (Å²) in [6.07, 6.45) is 3.39. The average Bonchev–Trinajstić information content (AvgIpc) is 3.30. The number of carbonyl (C=O) groups is 2. The molecule has 10 heteroatoms. The maximum atomic E-state index is 15.1. The summed E-state index contributed by atoms with van der Waals surface area (Å²) >= 11 is 12.1. The highest BCUT2D eigenvalue weighted by atomic mass is 35.5. The molecule has 2 aromatic carbocycles. The highest BCUT2D eigenvalue weighted by Crippen LogP contribution is 2.45. The van der Waals surface area contributed by atoms with E-state index in [2.05, 4.69) is 10.4 Å². The third-order valence-electron chi connectivity index (χ3n) is 6.39. The number of anilines is 1. The Hall–Kier alpha value is -3.10. The number of carbonyl (C=O) groups excluding carboxylic acids is 2. The molecule has 2 aliphatic rings. The van der Waals surface area contributed by atoms with Gasteiger partial charge in [-0.2, -0.15) is 5.10 Å². The number of rotatable bonds is 3. The number of nitrogens with zero attached hydrogens (tertiary/aromatic N) is 3. The highest BCUT2D eigenvalue weighted by Gasteiger charge is 2.48. The van der Waals surface area contributed by atoms with Gasteiger partial charge >= 0.3 is 6.09 Å². The zero-order chi connectivity index (χ0) is 24.0. The van der Waals surface area contributed by atoms with Crippen molar-refractivity contribution in [1.82, 2.24) is 14.7 Å². The Morgan fingerprint density at radius 2 is 2.12 bits per heavy atom. The molecule has 1 N–H and O–H groups in total. The molecule has 1 spiro atoms. The van der Waals surface area contributed by atoms with Crippen molar-refractivity contribution in [2.24, 2.45) is 0 Å². The summed E-state index contributed by atoms with van der Waals surface area (Å²) in [6, 6.07) is 10.2. The fraction of sp³-hybridized carbons (Fsp3) is 0.292. The van der Waals surface area contributed by atoms with Crippen molar-refractivity contribution in [2.75, 3.05) is 18.4 Å². The third-order valence-corrected chi connectivity index (χ3v) is 6.92. The number of ether oxygens (including phenoxy) is 1. The predicted octanol–water partition coefficient (Wildman–Crippen LogP) is 5.63. The van der Waals surface area contributed by atoms with E-state index < -0.39 is 17.5 Å². The number of nitrogens with one attached hydrogen (secondary N) is 1. The second-order valence-corrected chi connectivity index (χ2v) is 9.41. The number of amides is 2. The lowest BCUT2D eigenvalue weighted by molar-refractivity contribution is -0.0418. The molecule has 7 nitrogen and oxygen atoms in total. The SMILES string of the molecule is C[C@H](c1cccc(Cl)c1)n1cc(C(=O)N2CCC[C@@]3(C2)OC(=O)Nc2ccc(Cl)c(F)c23)cn1. The van der Waals surface area contributed by atoms with Crippen LogP contribution in [-0.4, -0.2) is 39.8 Å². The van der Waals surface area contributed by atoms with Gasteiger partial charge in [0.05, 0.1) is 40.6 Å². The van der Waals surface area contributed by atoms with E-state index in [0.29, 0.717) is 35.7 Å². The van der Waals surface area contributed by atoms with Crippen LogP contribution in [0.1, 0.15) is 47.3 Å². The van der Waals surface area contributed by atoms with Gasteiger partial charge in [-0.15, -0.1) is 0 Å². The van der Waals surface area contributed by atoms with E-state index in [1.165, 1.54) is 12.3 Å². The zero-order valence-corrected chi connectivity index (χ0v) is 19.7. The van der Waals surface area contributed by atoms with Crippen LogP contribution in [0.2, 0.25) is 10.0 Å². The Bertz CT molecular complexity index is 1300. The van der Waals surface area contributed by atoms with E-state index in [4.69, 9.17) is 27.9 Å². The Morgan fingerprint density at radius 1 is 1.29 bits per heavy atom. The van der Waals surface area contributed by atoms with Gasteiger partial charge in [0.2, 0.25) is 0 Å². The summed E-state index contributed by atoms with van der Waals surface area (Å²) < 4.78 is 22.4. The first-order valence-corrected chi connectivity index (χ1v) is 11.6. The molecule has 2 amide bonds. The predicted molar refractivity (Wildman–Crippen MR) is 126 cm³/mol. The first-order valence-electron chi connectivity index (χ1n) is 10.8. The molecule has 34 heavy (non-hydrogen) atoms. The molecule has 0 unspecified atom stereocenters. The number of benzene rings is 2. The maximum Gasteiger partial charge on any atom is 0.412 e. The summed E-state index contributed by atoms with van der Waals surface area (Å²) in [4.78, 5) is 27.2. The standard InChI is InChI=1S/C24H21Cl2FN4O3/c1-14(15-4-2-5-17(25)10-15)31-12-16(11-28-31)22(32)30-9-3-8-24(13-30)20-19(29-23(33)34-24)7-6-18(26)21(20)27/h2,4-7,10-12,14H,3,8-9,13H2,1H3,(H,29,33)/t14-,24+/m1/s1. The number of aromatic nitrogens is 2. The molecule has 0 bridgehead atoms. The third kappa shape index (κ3) is 3.91. The lowest BCUT2D eigenvalue weighted by Crippen LogP contribution is -2.53. The minimum atomic E-state index is -1.31. The van der Waals surface area contributed by atoms with Gasteiger partial charge in [0.15, 0.2) is 11.4 Å². The summed E-state index contributed by atoms with van der Waals surface area (Å²) in [5, 5.41) is 7.44. The van der Waals surface area contributed by atoms with E-state index >= 15 is 4.39 Å². The Kier molecular flexibility index (Phi) is 5.73. The van der Waals surface area contributed by atoms with E-state index in [9.17, 15) is 9.59 Å². The minimum Gasteiger partial charge on any atom is -0.436 e. The number of piperidine rings is 1. The fourth-order valence-corrected chi connectivity index (χ4v) is 5.07. The van der Waals surface area contributed by atoms with E-state index in [1.807, 2.05) is 25.1 Å². The van der Waals surface area contributed by atoms with Gasteiger partial charge in [0, 0.05) is 17.8 Å². The second kappa shape index (κ2) is 8.60. The molecule has 3 aromatic rings. The van der Waals surface area contributed by atoms with Crippen molar-refractivity contribution >= 4 is 40.9 Å². The zero-order valence-electron chi connectivity index (χ0n) is 18.2. The largest absolute Gasteiger partial charge is 0.436 e. The van der Waals surface area contributed by atoms with Crippen LogP contribution >= 0.6 is 23.2 Å². The molecule has 1 saturated heterocycles. The van der Waals surface area contributed by atoms with Crippen LogP contribution in [-0.2, 0) is 10.3 Å². The van der Waals surface area contributed by atoms with Gasteiger partial charge in [-0.05, 0) is 49.6 Å². The van der Waals surface area contributed by atoms with Crippen molar-refractivity contribution in [3.8, 4) is 0 Å². The number of fused-ring (bicyclic) bond motifs is 2. The molecule has 0 radical (unpaired) electrons. The fourth-order valence-electron chi connectivity index (χ4n) is 4.71. The first-order chi connectivity index (χ1) is 16.3. The smallest absolute Gasteiger partial charge is 0.412 e. The lowest BCUT2D eigenvalue weighted by atomic mass is 9.83. The molecular formula is C24H21Cl2FN4O3. The molecule has 0 saturated carbocycles. The van der Waals surface area contributed by atoms with Crippen LogP contribution in [0.3, 0.4) is 0 Å². The van der Waals surface area contributed by atoms with Gasteiger partial charge in [0.25, 0.3) is 5.91 Å². The normalized spacial score (nSPS) is 20.5. The number of likely N-dealkylation sites (tertiary alicyclic amines) is 1. The van der Waals surface area contributed by atoms with E-state index in [1.54, 1.807) is 27.9 Å². The molecule has 0 aliphatic carbocycles. The highest BCUT2D eigenvalue weighted by molar-refractivity contribution is 6.31. The van der Waals surface area contributed by atoms with Gasteiger partial charge in [0.1, 0.15) is 0 Å². The number of hydrogen-bond donors (Lipinski definition) is 1. The van der Waals surface area contributed by atoms with Crippen molar-refractivity contribution in [3.63, 3.8) is 0 Å². The van der Waals surface area contributed by atoms with Crippen molar-refractivity contribution < 1.29 is 18.7 Å². The van der Waals surface area contributed by atoms with Gasteiger partial charge < -0.3 is 9.64 Å². The molecule has 176 valence electrons. The Labute approximate surface area is 205 Å². The van der Waals surface area contributed by atoms with Gasteiger partial charge in [-0.1, -0.05) is 35.3 Å². The van der Waals surface area contributed by atoms with E-state index in [-0.39, 0.29) is 29.1 Å². The number of hydrogen-bond acceptors (Lipinski definition) is 4. The molecule has 3 heterocycles. The van der Waals surface area contributed by atoms with Crippen LogP contribution in [0.5, 0.6) is 0 Å². The molecule has 1 fully saturated rings. The molecule has 2 atom stereocenters. The summed E-state index contributed by atoms with van der Waals surface area (Å²) in [7, 11) is 0.